The maximum Gasteiger partial charge on any atom is 0.224 e. The molecule has 0 aliphatic rings. The highest BCUT2D eigenvalue weighted by molar-refractivity contribution is 5.85. The fourth-order valence-electron chi connectivity index (χ4n) is 2.79. The van der Waals surface area contributed by atoms with E-state index in [1.54, 1.807) is 0 Å². The van der Waals surface area contributed by atoms with Crippen LogP contribution in [0.15, 0.2) is 66.9 Å². The van der Waals surface area contributed by atoms with Crippen molar-refractivity contribution in [2.75, 3.05) is 0 Å². The number of fused-ring (bicyclic) bond motifs is 2. The highest BCUT2D eigenvalue weighted by Gasteiger charge is 2.08. The second-order valence-corrected chi connectivity index (χ2v) is 5.68. The van der Waals surface area contributed by atoms with Crippen molar-refractivity contribution in [2.45, 2.75) is 13.0 Å². The molecule has 0 spiro atoms. The van der Waals surface area contributed by atoms with Crippen molar-refractivity contribution >= 4 is 22.3 Å². The lowest BCUT2D eigenvalue weighted by Crippen LogP contribution is -2.25. The Bertz CT molecular complexity index is 1020. The van der Waals surface area contributed by atoms with E-state index in [2.05, 4.69) is 33.7 Å². The van der Waals surface area contributed by atoms with Crippen molar-refractivity contribution in [2.24, 2.45) is 0 Å². The van der Waals surface area contributed by atoms with Crippen molar-refractivity contribution in [1.82, 2.24) is 19.9 Å². The highest BCUT2D eigenvalue weighted by Crippen LogP contribution is 2.16. The first-order valence-corrected chi connectivity index (χ1v) is 7.83. The van der Waals surface area contributed by atoms with E-state index < -0.39 is 0 Å². The van der Waals surface area contributed by atoms with Gasteiger partial charge in [-0.1, -0.05) is 48.5 Å². The Morgan fingerprint density at radius 2 is 1.79 bits per heavy atom. The van der Waals surface area contributed by atoms with E-state index in [4.69, 9.17) is 0 Å². The van der Waals surface area contributed by atoms with Gasteiger partial charge in [-0.25, -0.2) is 0 Å². The van der Waals surface area contributed by atoms with Crippen molar-refractivity contribution in [3.05, 3.63) is 78.2 Å². The number of hydrogen-bond donors (Lipinski definition) is 1. The summed E-state index contributed by atoms with van der Waals surface area (Å²) < 4.78 is 1.87. The molecule has 1 N–H and O–H groups in total. The topological polar surface area (TPSA) is 59.3 Å². The predicted molar refractivity (Wildman–Crippen MR) is 92.5 cm³/mol. The Hall–Kier alpha value is -3.21. The molecule has 0 saturated carbocycles. The first-order chi connectivity index (χ1) is 11.8. The first kappa shape index (κ1) is 14.4. The van der Waals surface area contributed by atoms with Crippen LogP contribution in [-0.4, -0.2) is 20.5 Å². The van der Waals surface area contributed by atoms with Gasteiger partial charge in [-0.3, -0.25) is 9.20 Å². The van der Waals surface area contributed by atoms with Crippen LogP contribution in [0.1, 0.15) is 11.4 Å². The van der Waals surface area contributed by atoms with Crippen LogP contribution < -0.4 is 5.32 Å². The second kappa shape index (κ2) is 6.12. The molecule has 2 heterocycles. The number of nitrogens with zero attached hydrogens (tertiary/aromatic N) is 3. The van der Waals surface area contributed by atoms with Gasteiger partial charge in [-0.05, 0) is 28.5 Å². The molecular formula is C19H16N4O. The third-order valence-electron chi connectivity index (χ3n) is 4.01. The third-order valence-corrected chi connectivity index (χ3v) is 4.01. The van der Waals surface area contributed by atoms with Crippen LogP contribution >= 0.6 is 0 Å². The van der Waals surface area contributed by atoms with Crippen molar-refractivity contribution in [1.29, 1.82) is 0 Å². The zero-order valence-electron chi connectivity index (χ0n) is 13.0. The second-order valence-electron chi connectivity index (χ2n) is 5.68. The van der Waals surface area contributed by atoms with Gasteiger partial charge in [0.1, 0.15) is 0 Å². The molecule has 0 radical (unpaired) electrons. The summed E-state index contributed by atoms with van der Waals surface area (Å²) in [5.41, 5.74) is 1.77. The van der Waals surface area contributed by atoms with E-state index in [1.165, 1.54) is 5.39 Å². The lowest BCUT2D eigenvalue weighted by molar-refractivity contribution is -0.120. The first-order valence-electron chi connectivity index (χ1n) is 7.83. The summed E-state index contributed by atoms with van der Waals surface area (Å²) in [5.74, 6) is 0.690. The molecule has 0 fully saturated rings. The van der Waals surface area contributed by atoms with E-state index in [9.17, 15) is 4.79 Å². The van der Waals surface area contributed by atoms with Crippen LogP contribution in [0.4, 0.5) is 0 Å². The Balaban J connectivity index is 1.44. The number of nitrogens with one attached hydrogen (secondary N) is 1. The molecule has 24 heavy (non-hydrogen) atoms. The molecule has 0 bridgehead atoms. The van der Waals surface area contributed by atoms with Crippen LogP contribution in [0.25, 0.3) is 16.4 Å². The van der Waals surface area contributed by atoms with Gasteiger partial charge in [-0.2, -0.15) is 0 Å². The van der Waals surface area contributed by atoms with Crippen LogP contribution in [0.5, 0.6) is 0 Å². The van der Waals surface area contributed by atoms with Crippen molar-refractivity contribution in [3.63, 3.8) is 0 Å². The Labute approximate surface area is 139 Å². The average molecular weight is 316 g/mol. The fraction of sp³-hybridized carbons (Fsp3) is 0.105. The molecule has 4 rings (SSSR count). The maximum atomic E-state index is 12.2. The molecule has 5 nitrogen and oxygen atoms in total. The SMILES string of the molecule is O=C(Cc1ccc2ccccc2c1)NCc1nnc2ccccn12. The Kier molecular flexibility index (Phi) is 3.67. The summed E-state index contributed by atoms with van der Waals surface area (Å²) in [7, 11) is 0. The summed E-state index contributed by atoms with van der Waals surface area (Å²) in [4.78, 5) is 12.2. The number of amides is 1. The molecule has 0 saturated heterocycles. The van der Waals surface area contributed by atoms with Crippen molar-refractivity contribution < 1.29 is 4.79 Å². The zero-order chi connectivity index (χ0) is 16.4. The van der Waals surface area contributed by atoms with Crippen LogP contribution in [0.2, 0.25) is 0 Å². The van der Waals surface area contributed by atoms with Gasteiger partial charge in [0.2, 0.25) is 5.91 Å². The Morgan fingerprint density at radius 3 is 2.71 bits per heavy atom. The molecule has 5 heteroatoms. The average Bonchev–Trinajstić information content (AvgIpc) is 3.03. The third kappa shape index (κ3) is 2.84. The van der Waals surface area contributed by atoms with Gasteiger partial charge in [0, 0.05) is 6.20 Å². The lowest BCUT2D eigenvalue weighted by atomic mass is 10.1. The summed E-state index contributed by atoms with van der Waals surface area (Å²) in [6.45, 7) is 0.359. The molecule has 0 atom stereocenters. The molecule has 4 aromatic rings. The minimum Gasteiger partial charge on any atom is -0.348 e. The maximum absolute atomic E-state index is 12.2. The van der Waals surface area contributed by atoms with E-state index in [1.807, 2.05) is 53.1 Å². The normalized spacial score (nSPS) is 11.0. The number of rotatable bonds is 4. The van der Waals surface area contributed by atoms with Crippen molar-refractivity contribution in [3.8, 4) is 0 Å². The number of benzene rings is 2. The van der Waals surface area contributed by atoms with E-state index >= 15 is 0 Å². The van der Waals surface area contributed by atoms with Gasteiger partial charge < -0.3 is 5.32 Å². The van der Waals surface area contributed by atoms with E-state index in [-0.39, 0.29) is 5.91 Å². The minimum atomic E-state index is -0.0297. The van der Waals surface area contributed by atoms with Gasteiger partial charge in [0.25, 0.3) is 0 Å². The number of carbonyl (C=O) groups excluding carboxylic acids is 1. The molecule has 118 valence electrons. The fourth-order valence-corrected chi connectivity index (χ4v) is 2.79. The quantitative estimate of drug-likeness (QED) is 0.630. The van der Waals surface area contributed by atoms with Gasteiger partial charge >= 0.3 is 0 Å². The number of carbonyl (C=O) groups is 1. The summed E-state index contributed by atoms with van der Waals surface area (Å²) in [6, 6.07) is 19.9. The minimum absolute atomic E-state index is 0.0297. The monoisotopic (exact) mass is 316 g/mol. The van der Waals surface area contributed by atoms with Gasteiger partial charge in [-0.15, -0.1) is 10.2 Å². The van der Waals surface area contributed by atoms with Gasteiger partial charge in [0.05, 0.1) is 13.0 Å². The molecule has 1 amide bonds. The van der Waals surface area contributed by atoms with E-state index in [0.29, 0.717) is 13.0 Å². The molecule has 2 aromatic heterocycles. The standard InChI is InChI=1S/C19H16N4O/c24-19(12-14-8-9-15-5-1-2-6-16(15)11-14)20-13-18-22-21-17-7-3-4-10-23(17)18/h1-11H,12-13H2,(H,20,24). The van der Waals surface area contributed by atoms with Crippen LogP contribution in [-0.2, 0) is 17.8 Å². The number of aromatic nitrogens is 3. The summed E-state index contributed by atoms with van der Waals surface area (Å²) in [5, 5.41) is 13.4. The lowest BCUT2D eigenvalue weighted by Gasteiger charge is -2.06. The molecule has 2 aromatic carbocycles. The molecule has 0 aliphatic heterocycles. The number of hydrogen-bond acceptors (Lipinski definition) is 3. The Morgan fingerprint density at radius 1 is 0.958 bits per heavy atom. The summed E-state index contributed by atoms with van der Waals surface area (Å²) in [6.07, 6.45) is 2.24. The molecule has 0 aliphatic carbocycles. The van der Waals surface area contributed by atoms with Gasteiger partial charge in [0.15, 0.2) is 11.5 Å². The smallest absolute Gasteiger partial charge is 0.224 e. The van der Waals surface area contributed by atoms with Crippen LogP contribution in [0.3, 0.4) is 0 Å². The summed E-state index contributed by atoms with van der Waals surface area (Å²) >= 11 is 0. The largest absolute Gasteiger partial charge is 0.348 e. The van der Waals surface area contributed by atoms with Crippen LogP contribution in [0, 0.1) is 0 Å². The molecule has 0 unspecified atom stereocenters. The highest BCUT2D eigenvalue weighted by atomic mass is 16.1. The van der Waals surface area contributed by atoms with E-state index in [0.717, 1.165) is 22.4 Å². The zero-order valence-corrected chi connectivity index (χ0v) is 13.0. The molecular weight excluding hydrogens is 300 g/mol. The number of pyridine rings is 1. The predicted octanol–water partition coefficient (Wildman–Crippen LogP) is 2.74.